The molecule has 0 saturated heterocycles. The van der Waals surface area contributed by atoms with E-state index in [-0.39, 0.29) is 17.5 Å². The Kier molecular flexibility index (Phi) is 5.67. The average molecular weight is 384 g/mol. The Labute approximate surface area is 162 Å². The third-order valence-electron chi connectivity index (χ3n) is 4.48. The van der Waals surface area contributed by atoms with E-state index < -0.39 is 0 Å². The van der Waals surface area contributed by atoms with Crippen LogP contribution in [0.25, 0.3) is 16.9 Å². The van der Waals surface area contributed by atoms with Gasteiger partial charge in [0.2, 0.25) is 5.91 Å². The first kappa shape index (κ1) is 19.5. The number of aromatic nitrogens is 3. The highest BCUT2D eigenvalue weighted by Crippen LogP contribution is 2.32. The molecule has 0 fully saturated rings. The van der Waals surface area contributed by atoms with Gasteiger partial charge in [-0.3, -0.25) is 14.7 Å². The molecule has 28 heavy (non-hydrogen) atoms. The lowest BCUT2D eigenvalue weighted by Crippen LogP contribution is -2.28. The highest BCUT2D eigenvalue weighted by molar-refractivity contribution is 5.73. The van der Waals surface area contributed by atoms with Crippen LogP contribution in [0.1, 0.15) is 38.4 Å². The summed E-state index contributed by atoms with van der Waals surface area (Å²) >= 11 is 0. The molecule has 0 spiro atoms. The van der Waals surface area contributed by atoms with Crippen LogP contribution in [-0.4, -0.2) is 34.7 Å². The molecule has 0 aliphatic carbocycles. The molecule has 0 aliphatic rings. The van der Waals surface area contributed by atoms with Crippen molar-refractivity contribution < 1.29 is 14.3 Å². The third-order valence-corrected chi connectivity index (χ3v) is 4.48. The third kappa shape index (κ3) is 3.85. The number of benzene rings is 1. The predicted octanol–water partition coefficient (Wildman–Crippen LogP) is 2.68. The maximum Gasteiger partial charge on any atom is 0.272 e. The van der Waals surface area contributed by atoms with E-state index in [1.54, 1.807) is 26.4 Å². The summed E-state index contributed by atoms with van der Waals surface area (Å²) in [5, 5.41) is 5.93. The van der Waals surface area contributed by atoms with Crippen molar-refractivity contribution in [3.05, 3.63) is 46.4 Å². The largest absolute Gasteiger partial charge is 0.497 e. The quantitative estimate of drug-likeness (QED) is 0.653. The van der Waals surface area contributed by atoms with Crippen molar-refractivity contribution in [1.29, 1.82) is 0 Å². The molecule has 3 rings (SSSR count). The minimum Gasteiger partial charge on any atom is -0.497 e. The normalized spacial score (nSPS) is 12.0. The zero-order chi connectivity index (χ0) is 20.3. The molecular weight excluding hydrogens is 360 g/mol. The van der Waals surface area contributed by atoms with Gasteiger partial charge in [0.1, 0.15) is 11.5 Å². The van der Waals surface area contributed by atoms with E-state index in [4.69, 9.17) is 9.47 Å². The summed E-state index contributed by atoms with van der Waals surface area (Å²) in [6.45, 7) is 3.48. The molecule has 0 bridgehead atoms. The molecule has 1 atom stereocenters. The van der Waals surface area contributed by atoms with E-state index in [1.165, 1.54) is 17.5 Å². The Morgan fingerprint density at radius 3 is 2.68 bits per heavy atom. The standard InChI is InChI=1S/C20H24N4O4/c1-5-6-15(21-12(2)25)17-11-20(26)24-19(22-17)10-16(23-24)14-8-7-13(27-3)9-18(14)28-4/h7-11,15,23H,5-6H2,1-4H3,(H,21,25). The number of H-pyrrole nitrogens is 1. The highest BCUT2D eigenvalue weighted by atomic mass is 16.5. The van der Waals surface area contributed by atoms with Gasteiger partial charge in [-0.1, -0.05) is 13.3 Å². The van der Waals surface area contributed by atoms with Gasteiger partial charge in [-0.15, -0.1) is 0 Å². The lowest BCUT2D eigenvalue weighted by molar-refractivity contribution is -0.119. The predicted molar refractivity (Wildman–Crippen MR) is 106 cm³/mol. The molecule has 0 radical (unpaired) electrons. The molecule has 3 aromatic rings. The van der Waals surface area contributed by atoms with Gasteiger partial charge in [-0.25, -0.2) is 9.50 Å². The summed E-state index contributed by atoms with van der Waals surface area (Å²) in [6, 6.07) is 8.39. The van der Waals surface area contributed by atoms with Gasteiger partial charge in [0.25, 0.3) is 5.56 Å². The second-order valence-electron chi connectivity index (χ2n) is 6.49. The van der Waals surface area contributed by atoms with E-state index in [2.05, 4.69) is 15.4 Å². The van der Waals surface area contributed by atoms with Crippen LogP contribution in [0.2, 0.25) is 0 Å². The van der Waals surface area contributed by atoms with Crippen LogP contribution in [0.3, 0.4) is 0 Å². The second-order valence-corrected chi connectivity index (χ2v) is 6.49. The van der Waals surface area contributed by atoms with Gasteiger partial charge in [-0.2, -0.15) is 0 Å². The molecule has 148 valence electrons. The van der Waals surface area contributed by atoms with E-state index >= 15 is 0 Å². The zero-order valence-corrected chi connectivity index (χ0v) is 16.4. The van der Waals surface area contributed by atoms with Crippen molar-refractivity contribution in [2.75, 3.05) is 14.2 Å². The molecule has 1 unspecified atom stereocenters. The van der Waals surface area contributed by atoms with Crippen molar-refractivity contribution in [3.63, 3.8) is 0 Å². The highest BCUT2D eigenvalue weighted by Gasteiger charge is 2.17. The van der Waals surface area contributed by atoms with E-state index in [0.29, 0.717) is 35.0 Å². The van der Waals surface area contributed by atoms with Crippen LogP contribution in [-0.2, 0) is 4.79 Å². The SMILES string of the molecule is CCCC(NC(C)=O)c1cc(=O)n2[nH]c(-c3ccc(OC)cc3OC)cc2n1. The zero-order valence-electron chi connectivity index (χ0n) is 16.4. The second kappa shape index (κ2) is 8.16. The molecule has 8 heteroatoms. The fourth-order valence-electron chi connectivity index (χ4n) is 3.18. The first-order valence-electron chi connectivity index (χ1n) is 9.09. The number of nitrogens with one attached hydrogen (secondary N) is 2. The van der Waals surface area contributed by atoms with E-state index in [9.17, 15) is 9.59 Å². The number of carbonyl (C=O) groups excluding carboxylic acids is 1. The Balaban J connectivity index is 2.08. The molecule has 8 nitrogen and oxygen atoms in total. The molecular formula is C20H24N4O4. The minimum atomic E-state index is -0.297. The van der Waals surface area contributed by atoms with E-state index in [0.717, 1.165) is 12.0 Å². The van der Waals surface area contributed by atoms with Crippen LogP contribution >= 0.6 is 0 Å². The number of fused-ring (bicyclic) bond motifs is 1. The Hall–Kier alpha value is -3.29. The molecule has 1 aromatic carbocycles. The maximum absolute atomic E-state index is 12.6. The Bertz CT molecular complexity index is 1050. The number of amides is 1. The Morgan fingerprint density at radius 1 is 1.25 bits per heavy atom. The number of nitrogens with zero attached hydrogens (tertiary/aromatic N) is 2. The maximum atomic E-state index is 12.6. The number of ether oxygens (including phenoxy) is 2. The average Bonchev–Trinajstić information content (AvgIpc) is 3.11. The first-order chi connectivity index (χ1) is 13.5. The van der Waals surface area contributed by atoms with Gasteiger partial charge in [-0.05, 0) is 18.6 Å². The van der Waals surface area contributed by atoms with Gasteiger partial charge in [0.05, 0.1) is 31.6 Å². The Morgan fingerprint density at radius 2 is 2.04 bits per heavy atom. The summed E-state index contributed by atoms with van der Waals surface area (Å²) in [7, 11) is 3.16. The first-order valence-corrected chi connectivity index (χ1v) is 9.09. The monoisotopic (exact) mass is 384 g/mol. The molecule has 2 heterocycles. The lowest BCUT2D eigenvalue weighted by Gasteiger charge is -2.16. The summed E-state index contributed by atoms with van der Waals surface area (Å²) in [6.07, 6.45) is 1.55. The number of rotatable bonds is 7. The lowest BCUT2D eigenvalue weighted by atomic mass is 10.1. The van der Waals surface area contributed by atoms with Crippen molar-refractivity contribution in [2.24, 2.45) is 0 Å². The molecule has 2 aromatic heterocycles. The topological polar surface area (TPSA) is 97.7 Å². The number of aromatic amines is 1. The van der Waals surface area contributed by atoms with Crippen molar-refractivity contribution in [1.82, 2.24) is 19.9 Å². The molecule has 0 saturated carbocycles. The number of hydrogen-bond donors (Lipinski definition) is 2. The van der Waals surface area contributed by atoms with Crippen LogP contribution in [0, 0.1) is 0 Å². The summed E-state index contributed by atoms with van der Waals surface area (Å²) < 4.78 is 12.1. The van der Waals surface area contributed by atoms with Crippen molar-refractivity contribution in [2.45, 2.75) is 32.7 Å². The number of carbonyl (C=O) groups is 1. The fourth-order valence-corrected chi connectivity index (χ4v) is 3.18. The summed E-state index contributed by atoms with van der Waals surface area (Å²) in [5.41, 5.74) is 2.25. The minimum absolute atomic E-state index is 0.154. The smallest absolute Gasteiger partial charge is 0.272 e. The van der Waals surface area contributed by atoms with Crippen molar-refractivity contribution >= 4 is 11.6 Å². The molecule has 1 amide bonds. The van der Waals surface area contributed by atoms with Crippen LogP contribution < -0.4 is 20.3 Å². The molecule has 0 aliphatic heterocycles. The summed E-state index contributed by atoms with van der Waals surface area (Å²) in [5.74, 6) is 1.13. The molecule has 2 N–H and O–H groups in total. The van der Waals surface area contributed by atoms with E-state index in [1.807, 2.05) is 19.1 Å². The number of hydrogen-bond acceptors (Lipinski definition) is 5. The van der Waals surface area contributed by atoms with Crippen LogP contribution in [0.15, 0.2) is 35.1 Å². The number of methoxy groups -OCH3 is 2. The summed E-state index contributed by atoms with van der Waals surface area (Å²) in [4.78, 5) is 28.7. The van der Waals surface area contributed by atoms with Gasteiger partial charge in [0, 0.05) is 30.7 Å². The fraction of sp³-hybridized carbons (Fsp3) is 0.350. The van der Waals surface area contributed by atoms with Crippen molar-refractivity contribution in [3.8, 4) is 22.8 Å². The van der Waals surface area contributed by atoms with Gasteiger partial charge < -0.3 is 14.8 Å². The van der Waals surface area contributed by atoms with Gasteiger partial charge in [0.15, 0.2) is 5.65 Å². The van der Waals surface area contributed by atoms with Gasteiger partial charge >= 0.3 is 0 Å². The van der Waals surface area contributed by atoms with Crippen LogP contribution in [0.5, 0.6) is 11.5 Å². The van der Waals surface area contributed by atoms with Crippen LogP contribution in [0.4, 0.5) is 0 Å².